The number of nitrogens with one attached hydrogen (secondary N) is 1. The Morgan fingerprint density at radius 2 is 1.96 bits per heavy atom. The van der Waals surface area contributed by atoms with Gasteiger partial charge in [-0.05, 0) is 43.4 Å². The summed E-state index contributed by atoms with van der Waals surface area (Å²) in [7, 11) is 1.70. The molecule has 1 aliphatic heterocycles. The molecule has 3 aliphatic carbocycles. The van der Waals surface area contributed by atoms with Crippen LogP contribution in [0, 0.1) is 17.8 Å². The van der Waals surface area contributed by atoms with E-state index in [1.54, 1.807) is 11.9 Å². The second-order valence-corrected chi connectivity index (χ2v) is 8.17. The summed E-state index contributed by atoms with van der Waals surface area (Å²) in [6, 6.07) is -0.329. The van der Waals surface area contributed by atoms with E-state index in [4.69, 9.17) is 0 Å². The van der Waals surface area contributed by atoms with Crippen LogP contribution in [-0.2, 0) is 9.59 Å². The molecule has 2 saturated carbocycles. The molecule has 1 heterocycles. The Kier molecular flexibility index (Phi) is 4.08. The quantitative estimate of drug-likeness (QED) is 0.625. The number of likely N-dealkylation sites (N-methyl/N-ethyl adjacent to an activating group) is 1. The molecule has 0 aromatic heterocycles. The third-order valence-corrected chi connectivity index (χ3v) is 6.76. The van der Waals surface area contributed by atoms with Crippen molar-refractivity contribution in [1.82, 2.24) is 15.1 Å². The molecule has 4 aliphatic rings. The molecule has 136 valence electrons. The molecular weight excluding hydrogens is 318 g/mol. The zero-order valence-corrected chi connectivity index (χ0v) is 14.9. The van der Waals surface area contributed by atoms with Crippen molar-refractivity contribution in [3.05, 3.63) is 12.2 Å². The van der Waals surface area contributed by atoms with Gasteiger partial charge in [-0.1, -0.05) is 31.4 Å². The van der Waals surface area contributed by atoms with Crippen molar-refractivity contribution in [2.45, 2.75) is 50.5 Å². The number of amides is 4. The first-order valence-corrected chi connectivity index (χ1v) is 9.56. The lowest BCUT2D eigenvalue weighted by atomic mass is 9.81. The maximum Gasteiger partial charge on any atom is 0.327 e. The molecule has 25 heavy (non-hydrogen) atoms. The van der Waals surface area contributed by atoms with Gasteiger partial charge in [0.05, 0.1) is 0 Å². The summed E-state index contributed by atoms with van der Waals surface area (Å²) in [6.45, 7) is 0.488. The first-order valence-electron chi connectivity index (χ1n) is 9.56. The number of carbonyl (C=O) groups is 3. The van der Waals surface area contributed by atoms with Crippen molar-refractivity contribution in [2.75, 3.05) is 20.1 Å². The van der Waals surface area contributed by atoms with Gasteiger partial charge in [-0.2, -0.15) is 0 Å². The van der Waals surface area contributed by atoms with Crippen LogP contribution in [0.15, 0.2) is 12.2 Å². The number of imide groups is 1. The van der Waals surface area contributed by atoms with Crippen LogP contribution < -0.4 is 5.32 Å². The van der Waals surface area contributed by atoms with Crippen molar-refractivity contribution in [3.63, 3.8) is 0 Å². The van der Waals surface area contributed by atoms with Gasteiger partial charge in [-0.15, -0.1) is 0 Å². The predicted molar refractivity (Wildman–Crippen MR) is 92.5 cm³/mol. The maximum absolute atomic E-state index is 12.9. The van der Waals surface area contributed by atoms with E-state index in [0.717, 1.165) is 30.6 Å². The van der Waals surface area contributed by atoms with Gasteiger partial charge in [0, 0.05) is 13.6 Å². The summed E-state index contributed by atoms with van der Waals surface area (Å²) in [5.74, 6) is 1.34. The number of nitrogens with zero attached hydrogens (tertiary/aromatic N) is 2. The summed E-state index contributed by atoms with van der Waals surface area (Å²) in [6.07, 6.45) is 11.3. The van der Waals surface area contributed by atoms with Crippen molar-refractivity contribution in [1.29, 1.82) is 0 Å². The number of rotatable bonds is 4. The van der Waals surface area contributed by atoms with Crippen LogP contribution in [0.25, 0.3) is 0 Å². The normalized spacial score (nSPS) is 32.9. The molecule has 1 spiro atoms. The van der Waals surface area contributed by atoms with Crippen LogP contribution in [0.5, 0.6) is 0 Å². The van der Waals surface area contributed by atoms with E-state index in [1.165, 1.54) is 6.42 Å². The monoisotopic (exact) mass is 345 g/mol. The van der Waals surface area contributed by atoms with E-state index in [-0.39, 0.29) is 24.4 Å². The van der Waals surface area contributed by atoms with Crippen molar-refractivity contribution >= 4 is 17.8 Å². The highest BCUT2D eigenvalue weighted by Gasteiger charge is 2.55. The molecule has 3 fully saturated rings. The van der Waals surface area contributed by atoms with E-state index in [1.807, 2.05) is 0 Å². The summed E-state index contributed by atoms with van der Waals surface area (Å²) < 4.78 is 0. The molecule has 3 atom stereocenters. The Bertz CT molecular complexity index is 623. The molecule has 0 aromatic carbocycles. The highest BCUT2D eigenvalue weighted by molar-refractivity contribution is 6.08. The molecular formula is C19H27N3O3. The Hall–Kier alpha value is -1.85. The largest absolute Gasteiger partial charge is 0.354 e. The average molecular weight is 345 g/mol. The standard InChI is InChI=1S/C19H27N3O3/c1-21-18(25)22(17(24)19(21)7-3-2-4-8-19)12-16(23)20-11-15-10-13-5-6-14(15)9-13/h5-6,13-15H,2-4,7-12H2,1H3,(H,20,23)/t13-,14+,15-/m1/s1. The molecule has 1 N–H and O–H groups in total. The molecule has 1 saturated heterocycles. The SMILES string of the molecule is CN1C(=O)N(CC(=O)NC[C@H]2C[C@@H]3C=C[C@H]2C3)C(=O)C12CCCCC2. The van der Waals surface area contributed by atoms with Crippen LogP contribution in [-0.4, -0.2) is 53.3 Å². The van der Waals surface area contributed by atoms with E-state index in [9.17, 15) is 14.4 Å². The van der Waals surface area contributed by atoms with E-state index < -0.39 is 5.54 Å². The van der Waals surface area contributed by atoms with E-state index in [2.05, 4.69) is 17.5 Å². The summed E-state index contributed by atoms with van der Waals surface area (Å²) in [5, 5.41) is 2.95. The Balaban J connectivity index is 1.35. The van der Waals surface area contributed by atoms with Crippen LogP contribution in [0.3, 0.4) is 0 Å². The average Bonchev–Trinajstić information content (AvgIpc) is 3.29. The first-order chi connectivity index (χ1) is 12.0. The Morgan fingerprint density at radius 3 is 2.60 bits per heavy atom. The minimum Gasteiger partial charge on any atom is -0.354 e. The molecule has 6 heteroatoms. The van der Waals surface area contributed by atoms with Gasteiger partial charge in [-0.25, -0.2) is 4.79 Å². The second kappa shape index (κ2) is 6.15. The summed E-state index contributed by atoms with van der Waals surface area (Å²) >= 11 is 0. The number of hydrogen-bond acceptors (Lipinski definition) is 3. The summed E-state index contributed by atoms with van der Waals surface area (Å²) in [5.41, 5.74) is -0.703. The summed E-state index contributed by atoms with van der Waals surface area (Å²) in [4.78, 5) is 40.5. The lowest BCUT2D eigenvalue weighted by Gasteiger charge is -2.35. The van der Waals surface area contributed by atoms with E-state index in [0.29, 0.717) is 37.1 Å². The van der Waals surface area contributed by atoms with Crippen LogP contribution >= 0.6 is 0 Å². The highest BCUT2D eigenvalue weighted by atomic mass is 16.2. The third kappa shape index (κ3) is 2.66. The minimum absolute atomic E-state index is 0.152. The fourth-order valence-electron chi connectivity index (χ4n) is 5.24. The fourth-order valence-corrected chi connectivity index (χ4v) is 5.24. The lowest BCUT2D eigenvalue weighted by Crippen LogP contribution is -2.49. The first kappa shape index (κ1) is 16.6. The van der Waals surface area contributed by atoms with E-state index >= 15 is 0 Å². The maximum atomic E-state index is 12.9. The van der Waals surface area contributed by atoms with Gasteiger partial charge in [0.2, 0.25) is 5.91 Å². The highest BCUT2D eigenvalue weighted by Crippen LogP contribution is 2.43. The Labute approximate surface area is 148 Å². The van der Waals surface area contributed by atoms with Gasteiger partial charge in [0.15, 0.2) is 0 Å². The van der Waals surface area contributed by atoms with Crippen molar-refractivity contribution < 1.29 is 14.4 Å². The molecule has 2 bridgehead atoms. The van der Waals surface area contributed by atoms with Crippen molar-refractivity contribution in [2.24, 2.45) is 17.8 Å². The van der Waals surface area contributed by atoms with Crippen LogP contribution in [0.4, 0.5) is 4.79 Å². The van der Waals surface area contributed by atoms with Gasteiger partial charge in [-0.3, -0.25) is 14.5 Å². The zero-order chi connectivity index (χ0) is 17.6. The van der Waals surface area contributed by atoms with Crippen molar-refractivity contribution in [3.8, 4) is 0 Å². The number of fused-ring (bicyclic) bond motifs is 2. The zero-order valence-electron chi connectivity index (χ0n) is 14.9. The smallest absolute Gasteiger partial charge is 0.327 e. The van der Waals surface area contributed by atoms with Gasteiger partial charge in [0.1, 0.15) is 12.1 Å². The molecule has 0 aromatic rings. The topological polar surface area (TPSA) is 69.7 Å². The molecule has 4 rings (SSSR count). The molecule has 4 amide bonds. The number of urea groups is 1. The molecule has 0 radical (unpaired) electrons. The third-order valence-electron chi connectivity index (χ3n) is 6.76. The lowest BCUT2D eigenvalue weighted by molar-refractivity contribution is -0.137. The number of carbonyl (C=O) groups excluding carboxylic acids is 3. The number of hydrogen-bond donors (Lipinski definition) is 1. The minimum atomic E-state index is -0.703. The Morgan fingerprint density at radius 1 is 1.20 bits per heavy atom. The van der Waals surface area contributed by atoms with Gasteiger partial charge >= 0.3 is 6.03 Å². The predicted octanol–water partition coefficient (Wildman–Crippen LogP) is 1.91. The molecule has 0 unspecified atom stereocenters. The molecule has 6 nitrogen and oxygen atoms in total. The fraction of sp³-hybridized carbons (Fsp3) is 0.737. The van der Waals surface area contributed by atoms with Crippen LogP contribution in [0.2, 0.25) is 0 Å². The van der Waals surface area contributed by atoms with Gasteiger partial charge in [0.25, 0.3) is 5.91 Å². The second-order valence-electron chi connectivity index (χ2n) is 8.17. The van der Waals surface area contributed by atoms with Gasteiger partial charge < -0.3 is 10.2 Å². The van der Waals surface area contributed by atoms with Crippen LogP contribution in [0.1, 0.15) is 44.9 Å². The number of allylic oxidation sites excluding steroid dienone is 2.